The van der Waals surface area contributed by atoms with Gasteiger partial charge in [0.15, 0.2) is 0 Å². The molecule has 0 atom stereocenters. The van der Waals surface area contributed by atoms with Gasteiger partial charge in [0, 0.05) is 12.8 Å². The summed E-state index contributed by atoms with van der Waals surface area (Å²) in [5.41, 5.74) is 0.467. The van der Waals surface area contributed by atoms with E-state index in [9.17, 15) is 5.11 Å². The Morgan fingerprint density at radius 3 is 2.35 bits per heavy atom. The van der Waals surface area contributed by atoms with Gasteiger partial charge in [0.1, 0.15) is 11.9 Å². The summed E-state index contributed by atoms with van der Waals surface area (Å²) < 4.78 is 11.2. The Bertz CT molecular complexity index is 375. The lowest BCUT2D eigenvalue weighted by molar-refractivity contribution is 0.0255. The monoisotopic (exact) mass is 234 g/mol. The second-order valence-electron chi connectivity index (χ2n) is 4.99. The van der Waals surface area contributed by atoms with Gasteiger partial charge >= 0.3 is 0 Å². The van der Waals surface area contributed by atoms with E-state index in [4.69, 9.17) is 9.47 Å². The van der Waals surface area contributed by atoms with Crippen LogP contribution in [-0.4, -0.2) is 24.4 Å². The van der Waals surface area contributed by atoms with Gasteiger partial charge in [-0.2, -0.15) is 0 Å². The van der Waals surface area contributed by atoms with E-state index in [1.54, 1.807) is 0 Å². The lowest BCUT2D eigenvalue weighted by Crippen LogP contribution is -2.25. The van der Waals surface area contributed by atoms with Crippen LogP contribution in [-0.2, 0) is 10.3 Å². The second-order valence-corrected chi connectivity index (χ2v) is 4.99. The smallest absolute Gasteiger partial charge is 0.119 e. The zero-order valence-corrected chi connectivity index (χ0v) is 9.89. The van der Waals surface area contributed by atoms with E-state index in [1.165, 1.54) is 0 Å². The van der Waals surface area contributed by atoms with Gasteiger partial charge in [-0.25, -0.2) is 0 Å². The summed E-state index contributed by atoms with van der Waals surface area (Å²) in [4.78, 5) is 0. The third-order valence-electron chi connectivity index (χ3n) is 3.59. The average molecular weight is 234 g/mol. The van der Waals surface area contributed by atoms with Gasteiger partial charge in [-0.15, -0.1) is 0 Å². The van der Waals surface area contributed by atoms with Crippen LogP contribution in [0.2, 0.25) is 0 Å². The van der Waals surface area contributed by atoms with Crippen LogP contribution >= 0.6 is 0 Å². The average Bonchev–Trinajstić information content (AvgIpc) is 3.11. The molecule has 0 spiro atoms. The number of aliphatic hydroxyl groups is 1. The molecular formula is C14H18O3. The molecule has 1 saturated carbocycles. The van der Waals surface area contributed by atoms with Crippen LogP contribution in [0.5, 0.6) is 5.75 Å². The van der Waals surface area contributed by atoms with Gasteiger partial charge in [-0.05, 0) is 30.5 Å². The maximum atomic E-state index is 9.96. The van der Waals surface area contributed by atoms with Crippen molar-refractivity contribution in [2.45, 2.75) is 37.4 Å². The van der Waals surface area contributed by atoms with E-state index in [2.05, 4.69) is 0 Å². The quantitative estimate of drug-likeness (QED) is 0.871. The molecule has 2 aliphatic rings. The van der Waals surface area contributed by atoms with E-state index in [-0.39, 0.29) is 6.10 Å². The molecule has 17 heavy (non-hydrogen) atoms. The Labute approximate surface area is 101 Å². The summed E-state index contributed by atoms with van der Waals surface area (Å²) in [5.74, 6) is 0.893. The van der Waals surface area contributed by atoms with Gasteiger partial charge in [-0.3, -0.25) is 0 Å². The Balaban J connectivity index is 1.63. The summed E-state index contributed by atoms with van der Waals surface area (Å²) in [7, 11) is 0. The van der Waals surface area contributed by atoms with Crippen molar-refractivity contribution >= 4 is 0 Å². The minimum atomic E-state index is -0.544. The zero-order valence-electron chi connectivity index (χ0n) is 9.89. The molecule has 0 aromatic heterocycles. The molecule has 0 unspecified atom stereocenters. The summed E-state index contributed by atoms with van der Waals surface area (Å²) in [6.45, 7) is 1.59. The van der Waals surface area contributed by atoms with E-state index in [0.29, 0.717) is 0 Å². The van der Waals surface area contributed by atoms with Crippen molar-refractivity contribution < 1.29 is 14.6 Å². The van der Waals surface area contributed by atoms with Crippen LogP contribution in [0.1, 0.15) is 31.2 Å². The van der Waals surface area contributed by atoms with Gasteiger partial charge in [0.2, 0.25) is 0 Å². The highest BCUT2D eigenvalue weighted by Crippen LogP contribution is 2.45. The first-order valence-electron chi connectivity index (χ1n) is 6.34. The molecule has 0 bridgehead atoms. The molecule has 1 N–H and O–H groups in total. The maximum Gasteiger partial charge on any atom is 0.119 e. The predicted molar refractivity (Wildman–Crippen MR) is 64.0 cm³/mol. The first kappa shape index (κ1) is 11.1. The maximum absolute atomic E-state index is 9.96. The van der Waals surface area contributed by atoms with Crippen LogP contribution < -0.4 is 4.74 Å². The highest BCUT2D eigenvalue weighted by molar-refractivity contribution is 5.33. The first-order valence-corrected chi connectivity index (χ1v) is 6.34. The largest absolute Gasteiger partial charge is 0.490 e. The van der Waals surface area contributed by atoms with Gasteiger partial charge in [0.05, 0.1) is 18.8 Å². The molecule has 3 nitrogen and oxygen atoms in total. The molecule has 3 heteroatoms. The lowest BCUT2D eigenvalue weighted by atomic mass is 10.1. The van der Waals surface area contributed by atoms with Gasteiger partial charge < -0.3 is 14.6 Å². The van der Waals surface area contributed by atoms with Crippen molar-refractivity contribution in [3.8, 4) is 5.75 Å². The Morgan fingerprint density at radius 2 is 1.76 bits per heavy atom. The number of rotatable bonds is 3. The van der Waals surface area contributed by atoms with Gasteiger partial charge in [-0.1, -0.05) is 12.1 Å². The number of benzene rings is 1. The van der Waals surface area contributed by atoms with Crippen molar-refractivity contribution in [3.63, 3.8) is 0 Å². The van der Waals surface area contributed by atoms with Gasteiger partial charge in [0.25, 0.3) is 0 Å². The minimum absolute atomic E-state index is 0.276. The fourth-order valence-corrected chi connectivity index (χ4v) is 2.24. The van der Waals surface area contributed by atoms with E-state index in [1.807, 2.05) is 24.3 Å². The molecule has 1 saturated heterocycles. The summed E-state index contributed by atoms with van der Waals surface area (Å²) in [6, 6.07) is 7.87. The Morgan fingerprint density at radius 1 is 1.12 bits per heavy atom. The fraction of sp³-hybridized carbons (Fsp3) is 0.571. The Hall–Kier alpha value is -1.06. The number of hydrogen-bond acceptors (Lipinski definition) is 3. The molecule has 1 aromatic rings. The number of ether oxygens (including phenoxy) is 2. The second kappa shape index (κ2) is 4.31. The van der Waals surface area contributed by atoms with E-state index >= 15 is 0 Å². The van der Waals surface area contributed by atoms with Crippen LogP contribution in [0.3, 0.4) is 0 Å². The summed E-state index contributed by atoms with van der Waals surface area (Å²) in [6.07, 6.45) is 3.97. The standard InChI is InChI=1S/C14H18O3/c15-14(7-8-14)11-1-3-12(4-2-11)17-13-5-9-16-10-6-13/h1-4,13,15H,5-10H2. The van der Waals surface area contributed by atoms with Crippen LogP contribution in [0, 0.1) is 0 Å². The van der Waals surface area contributed by atoms with E-state index < -0.39 is 5.60 Å². The molecule has 92 valence electrons. The lowest BCUT2D eigenvalue weighted by Gasteiger charge is -2.23. The Kier molecular flexibility index (Phi) is 2.81. The zero-order chi connectivity index (χ0) is 11.7. The molecule has 3 rings (SSSR count). The van der Waals surface area contributed by atoms with Crippen molar-refractivity contribution in [3.05, 3.63) is 29.8 Å². The molecule has 0 amide bonds. The SMILES string of the molecule is OC1(c2ccc(OC3CCOCC3)cc2)CC1. The van der Waals surface area contributed by atoms with Crippen LogP contribution in [0.15, 0.2) is 24.3 Å². The third kappa shape index (κ3) is 2.45. The van der Waals surface area contributed by atoms with Crippen LogP contribution in [0.25, 0.3) is 0 Å². The van der Waals surface area contributed by atoms with Crippen LogP contribution in [0.4, 0.5) is 0 Å². The van der Waals surface area contributed by atoms with Crippen molar-refractivity contribution in [1.29, 1.82) is 0 Å². The highest BCUT2D eigenvalue weighted by Gasteiger charge is 2.41. The highest BCUT2D eigenvalue weighted by atomic mass is 16.5. The molecule has 2 fully saturated rings. The summed E-state index contributed by atoms with van der Waals surface area (Å²) in [5, 5.41) is 9.96. The molecule has 1 aliphatic carbocycles. The molecule has 0 radical (unpaired) electrons. The molecule has 1 aliphatic heterocycles. The normalized spacial score (nSPS) is 23.4. The fourth-order valence-electron chi connectivity index (χ4n) is 2.24. The van der Waals surface area contributed by atoms with Crippen molar-refractivity contribution in [1.82, 2.24) is 0 Å². The molecular weight excluding hydrogens is 216 g/mol. The third-order valence-corrected chi connectivity index (χ3v) is 3.59. The molecule has 1 heterocycles. The van der Waals surface area contributed by atoms with Crippen molar-refractivity contribution in [2.24, 2.45) is 0 Å². The summed E-state index contributed by atoms with van der Waals surface area (Å²) >= 11 is 0. The predicted octanol–water partition coefficient (Wildman–Crippen LogP) is 2.23. The first-order chi connectivity index (χ1) is 8.26. The topological polar surface area (TPSA) is 38.7 Å². The minimum Gasteiger partial charge on any atom is -0.490 e. The van der Waals surface area contributed by atoms with E-state index in [0.717, 1.165) is 50.2 Å². The number of hydrogen-bond donors (Lipinski definition) is 1. The molecule has 1 aromatic carbocycles. The van der Waals surface area contributed by atoms with Crippen molar-refractivity contribution in [2.75, 3.05) is 13.2 Å².